The molecule has 0 N–H and O–H groups in total. The molecule has 0 spiro atoms. The number of sulfonamides is 1. The lowest BCUT2D eigenvalue weighted by molar-refractivity contribution is 0.467. The number of thiophene rings is 1. The zero-order valence-electron chi connectivity index (χ0n) is 11.5. The summed E-state index contributed by atoms with van der Waals surface area (Å²) in [5.74, 6) is 0.707. The van der Waals surface area contributed by atoms with Crippen LogP contribution in [0.1, 0.15) is 17.6 Å². The Balaban J connectivity index is 2.24. The Kier molecular flexibility index (Phi) is 4.68. The van der Waals surface area contributed by atoms with Crippen LogP contribution in [0.15, 0.2) is 27.1 Å². The van der Waals surface area contributed by atoms with Gasteiger partial charge in [-0.15, -0.1) is 11.3 Å². The van der Waals surface area contributed by atoms with Crippen molar-refractivity contribution in [1.82, 2.24) is 13.9 Å². The molecular formula is C12H16BrN3O2S2. The molecule has 0 bridgehead atoms. The first-order valence-electron chi connectivity index (χ1n) is 6.07. The van der Waals surface area contributed by atoms with Crippen LogP contribution in [-0.2, 0) is 23.1 Å². The summed E-state index contributed by atoms with van der Waals surface area (Å²) in [6.07, 6.45) is 1.59. The van der Waals surface area contributed by atoms with E-state index in [2.05, 4.69) is 20.9 Å². The van der Waals surface area contributed by atoms with Gasteiger partial charge in [-0.25, -0.2) is 13.4 Å². The molecule has 0 saturated heterocycles. The van der Waals surface area contributed by atoms with Gasteiger partial charge in [0.05, 0.1) is 0 Å². The van der Waals surface area contributed by atoms with Gasteiger partial charge in [0, 0.05) is 41.1 Å². The van der Waals surface area contributed by atoms with Crippen molar-refractivity contribution in [1.29, 1.82) is 0 Å². The molecule has 0 atom stereocenters. The fourth-order valence-corrected chi connectivity index (χ4v) is 4.55. The smallest absolute Gasteiger partial charge is 0.262 e. The zero-order valence-corrected chi connectivity index (χ0v) is 14.7. The lowest BCUT2D eigenvalue weighted by Crippen LogP contribution is -2.26. The topological polar surface area (TPSA) is 55.2 Å². The highest BCUT2D eigenvalue weighted by Crippen LogP contribution is 2.23. The number of hydrogen-bond acceptors (Lipinski definition) is 4. The Morgan fingerprint density at radius 1 is 1.50 bits per heavy atom. The molecule has 8 heteroatoms. The van der Waals surface area contributed by atoms with E-state index in [-0.39, 0.29) is 5.03 Å². The summed E-state index contributed by atoms with van der Waals surface area (Å²) in [6.45, 7) is 4.81. The molecule has 0 fully saturated rings. The van der Waals surface area contributed by atoms with Gasteiger partial charge in [-0.2, -0.15) is 4.31 Å². The van der Waals surface area contributed by atoms with Crippen molar-refractivity contribution in [2.45, 2.75) is 32.0 Å². The molecule has 0 aliphatic rings. The van der Waals surface area contributed by atoms with Gasteiger partial charge in [-0.1, -0.05) is 0 Å². The maximum absolute atomic E-state index is 12.5. The van der Waals surface area contributed by atoms with E-state index >= 15 is 0 Å². The monoisotopic (exact) mass is 377 g/mol. The Labute approximate surface area is 131 Å². The molecule has 0 amide bonds. The summed E-state index contributed by atoms with van der Waals surface area (Å²) in [4.78, 5) is 5.13. The van der Waals surface area contributed by atoms with Crippen molar-refractivity contribution < 1.29 is 8.42 Å². The quantitative estimate of drug-likeness (QED) is 0.804. The van der Waals surface area contributed by atoms with Gasteiger partial charge in [0.25, 0.3) is 10.0 Å². The largest absolute Gasteiger partial charge is 0.334 e. The summed E-state index contributed by atoms with van der Waals surface area (Å²) in [6, 6.07) is 1.92. The molecule has 2 aromatic rings. The molecule has 2 aromatic heterocycles. The highest BCUT2D eigenvalue weighted by molar-refractivity contribution is 9.10. The van der Waals surface area contributed by atoms with Crippen LogP contribution in [0.5, 0.6) is 0 Å². The van der Waals surface area contributed by atoms with E-state index in [0.29, 0.717) is 18.9 Å². The third-order valence-corrected chi connectivity index (χ3v) is 6.33. The molecule has 0 saturated carbocycles. The maximum atomic E-state index is 12.5. The first-order valence-corrected chi connectivity index (χ1v) is 9.19. The SMILES string of the molecule is CCn1cc(S(=O)(=O)N(C)Cc2cc(Br)cs2)nc1C. The highest BCUT2D eigenvalue weighted by atomic mass is 79.9. The van der Waals surface area contributed by atoms with Gasteiger partial charge in [0.1, 0.15) is 5.82 Å². The molecule has 110 valence electrons. The summed E-state index contributed by atoms with van der Waals surface area (Å²) in [7, 11) is -1.97. The lowest BCUT2D eigenvalue weighted by atomic mass is 10.5. The van der Waals surface area contributed by atoms with Crippen molar-refractivity contribution in [3.8, 4) is 0 Å². The third-order valence-electron chi connectivity index (χ3n) is 2.97. The standard InChI is InChI=1S/C12H16BrN3O2S2/c1-4-16-7-12(14-9(16)2)20(17,18)15(3)6-11-5-10(13)8-19-11/h5,7-8H,4,6H2,1-3H3. The van der Waals surface area contributed by atoms with Crippen molar-refractivity contribution >= 4 is 37.3 Å². The van der Waals surface area contributed by atoms with Crippen LogP contribution in [0.2, 0.25) is 0 Å². The number of rotatable bonds is 5. The Morgan fingerprint density at radius 2 is 2.20 bits per heavy atom. The molecule has 0 aliphatic heterocycles. The lowest BCUT2D eigenvalue weighted by Gasteiger charge is -2.14. The van der Waals surface area contributed by atoms with Gasteiger partial charge in [0.15, 0.2) is 5.03 Å². The van der Waals surface area contributed by atoms with E-state index in [1.54, 1.807) is 20.2 Å². The van der Waals surface area contributed by atoms with Gasteiger partial charge in [-0.05, 0) is 35.8 Å². The Morgan fingerprint density at radius 3 is 2.70 bits per heavy atom. The first-order chi connectivity index (χ1) is 9.34. The van der Waals surface area contributed by atoms with Crippen LogP contribution >= 0.6 is 27.3 Å². The van der Waals surface area contributed by atoms with Crippen molar-refractivity contribution in [2.24, 2.45) is 0 Å². The highest BCUT2D eigenvalue weighted by Gasteiger charge is 2.24. The molecule has 0 radical (unpaired) electrons. The summed E-state index contributed by atoms with van der Waals surface area (Å²) in [5.41, 5.74) is 0. The number of aryl methyl sites for hydroxylation is 2. The number of imidazole rings is 1. The van der Waals surface area contributed by atoms with Crippen molar-refractivity contribution in [3.05, 3.63) is 32.8 Å². The van der Waals surface area contributed by atoms with Crippen LogP contribution in [-0.4, -0.2) is 29.3 Å². The molecule has 0 aliphatic carbocycles. The second-order valence-corrected chi connectivity index (χ2v) is 8.31. The van der Waals surface area contributed by atoms with Crippen LogP contribution in [0.25, 0.3) is 0 Å². The second kappa shape index (κ2) is 5.97. The Bertz CT molecular complexity index is 706. The van der Waals surface area contributed by atoms with Gasteiger partial charge >= 0.3 is 0 Å². The fraction of sp³-hybridized carbons (Fsp3) is 0.417. The molecule has 0 aromatic carbocycles. The van der Waals surface area contributed by atoms with Gasteiger partial charge in [0.2, 0.25) is 0 Å². The maximum Gasteiger partial charge on any atom is 0.262 e. The van der Waals surface area contributed by atoms with Crippen molar-refractivity contribution in [2.75, 3.05) is 7.05 Å². The third kappa shape index (κ3) is 3.13. The number of halogens is 1. The predicted octanol–water partition coefficient (Wildman–Crippen LogP) is 2.86. The van der Waals surface area contributed by atoms with Gasteiger partial charge in [-0.3, -0.25) is 0 Å². The fourth-order valence-electron chi connectivity index (χ4n) is 1.82. The minimum Gasteiger partial charge on any atom is -0.334 e. The van der Waals surface area contributed by atoms with E-state index < -0.39 is 10.0 Å². The van der Waals surface area contributed by atoms with Gasteiger partial charge < -0.3 is 4.57 Å². The summed E-state index contributed by atoms with van der Waals surface area (Å²) < 4.78 is 29.1. The van der Waals surface area contributed by atoms with Crippen molar-refractivity contribution in [3.63, 3.8) is 0 Å². The molecule has 2 rings (SSSR count). The number of nitrogens with zero attached hydrogens (tertiary/aromatic N) is 3. The minimum absolute atomic E-state index is 0.106. The van der Waals surface area contributed by atoms with Crippen LogP contribution in [0.3, 0.4) is 0 Å². The molecule has 20 heavy (non-hydrogen) atoms. The average Bonchev–Trinajstić information content (AvgIpc) is 2.95. The van der Waals surface area contributed by atoms with E-state index in [4.69, 9.17) is 0 Å². The molecular weight excluding hydrogens is 362 g/mol. The van der Waals surface area contributed by atoms with E-state index in [1.807, 2.05) is 22.9 Å². The van der Waals surface area contributed by atoms with Crippen LogP contribution in [0, 0.1) is 6.92 Å². The van der Waals surface area contributed by atoms with Crippen LogP contribution in [0.4, 0.5) is 0 Å². The molecule has 0 unspecified atom stereocenters. The Hall–Kier alpha value is -0.700. The average molecular weight is 378 g/mol. The minimum atomic E-state index is -3.55. The zero-order chi connectivity index (χ0) is 14.9. The number of aromatic nitrogens is 2. The summed E-state index contributed by atoms with van der Waals surface area (Å²) in [5, 5.41) is 2.04. The first kappa shape index (κ1) is 15.7. The van der Waals surface area contributed by atoms with E-state index in [0.717, 1.165) is 9.35 Å². The molecule has 5 nitrogen and oxygen atoms in total. The van der Waals surface area contributed by atoms with E-state index in [9.17, 15) is 8.42 Å². The predicted molar refractivity (Wildman–Crippen MR) is 83.3 cm³/mol. The number of hydrogen-bond donors (Lipinski definition) is 0. The normalized spacial score (nSPS) is 12.2. The molecule has 2 heterocycles. The van der Waals surface area contributed by atoms with Crippen LogP contribution < -0.4 is 0 Å². The summed E-state index contributed by atoms with van der Waals surface area (Å²) >= 11 is 4.89. The second-order valence-electron chi connectivity index (χ2n) is 4.40. The van der Waals surface area contributed by atoms with E-state index in [1.165, 1.54) is 15.6 Å².